The molecule has 1 atom stereocenters. The molecule has 2 amide bonds. The van der Waals surface area contributed by atoms with Crippen molar-refractivity contribution in [2.45, 2.75) is 31.7 Å². The smallest absolute Gasteiger partial charge is 0.225 e. The van der Waals surface area contributed by atoms with Crippen LogP contribution in [-0.4, -0.2) is 45.4 Å². The van der Waals surface area contributed by atoms with E-state index in [0.717, 1.165) is 29.7 Å². The lowest BCUT2D eigenvalue weighted by Gasteiger charge is -2.15. The summed E-state index contributed by atoms with van der Waals surface area (Å²) < 4.78 is 2.06. The molecule has 1 aromatic carbocycles. The molecule has 24 heavy (non-hydrogen) atoms. The van der Waals surface area contributed by atoms with Gasteiger partial charge in [0.25, 0.3) is 0 Å². The van der Waals surface area contributed by atoms with Crippen molar-refractivity contribution in [3.63, 3.8) is 0 Å². The number of nitrogens with zero attached hydrogens (tertiary/aromatic N) is 3. The van der Waals surface area contributed by atoms with Gasteiger partial charge in [-0.25, -0.2) is 4.98 Å². The van der Waals surface area contributed by atoms with Crippen LogP contribution in [0.3, 0.4) is 0 Å². The fraction of sp³-hybridized carbons (Fsp3) is 0.500. The Hall–Kier alpha value is -2.37. The van der Waals surface area contributed by atoms with E-state index >= 15 is 0 Å². The molecule has 1 aliphatic heterocycles. The number of carbonyl (C=O) groups excluding carboxylic acids is 2. The summed E-state index contributed by atoms with van der Waals surface area (Å²) in [5.41, 5.74) is 2.07. The van der Waals surface area contributed by atoms with Gasteiger partial charge in [0.1, 0.15) is 5.82 Å². The van der Waals surface area contributed by atoms with Gasteiger partial charge < -0.3 is 14.8 Å². The first-order valence-corrected chi connectivity index (χ1v) is 8.61. The Bertz CT molecular complexity index is 793. The van der Waals surface area contributed by atoms with Gasteiger partial charge in [0.05, 0.1) is 17.0 Å². The number of aromatic nitrogens is 2. The average molecular weight is 326 g/mol. The zero-order valence-corrected chi connectivity index (χ0v) is 13.9. The number of hydrogen-bond acceptors (Lipinski definition) is 3. The van der Waals surface area contributed by atoms with Crippen LogP contribution in [0.1, 0.15) is 25.1 Å². The maximum atomic E-state index is 12.3. The highest BCUT2D eigenvalue weighted by Crippen LogP contribution is 2.32. The largest absolute Gasteiger partial charge is 0.355 e. The predicted molar refractivity (Wildman–Crippen MR) is 90.3 cm³/mol. The Labute approximate surface area is 140 Å². The number of rotatable bonds is 5. The van der Waals surface area contributed by atoms with Crippen LogP contribution in [0.25, 0.3) is 11.0 Å². The van der Waals surface area contributed by atoms with Gasteiger partial charge >= 0.3 is 0 Å². The normalized spacial score (nSPS) is 20.8. The molecule has 1 saturated carbocycles. The van der Waals surface area contributed by atoms with Crippen molar-refractivity contribution in [1.82, 2.24) is 19.8 Å². The summed E-state index contributed by atoms with van der Waals surface area (Å²) in [6.45, 7) is 1.13. The van der Waals surface area contributed by atoms with Gasteiger partial charge in [-0.2, -0.15) is 0 Å². The quantitative estimate of drug-likeness (QED) is 0.899. The zero-order valence-electron chi connectivity index (χ0n) is 13.9. The molecule has 1 aromatic heterocycles. The molecule has 0 spiro atoms. The van der Waals surface area contributed by atoms with E-state index in [1.165, 1.54) is 0 Å². The van der Waals surface area contributed by atoms with Crippen molar-refractivity contribution in [3.8, 4) is 0 Å². The third-order valence-corrected chi connectivity index (χ3v) is 5.04. The maximum Gasteiger partial charge on any atom is 0.225 e. The lowest BCUT2D eigenvalue weighted by Crippen LogP contribution is -2.34. The van der Waals surface area contributed by atoms with Crippen LogP contribution >= 0.6 is 0 Å². The summed E-state index contributed by atoms with van der Waals surface area (Å²) in [6, 6.07) is 8.41. The van der Waals surface area contributed by atoms with E-state index in [1.807, 2.05) is 36.2 Å². The van der Waals surface area contributed by atoms with Crippen molar-refractivity contribution >= 4 is 22.8 Å². The highest BCUT2D eigenvalue weighted by Gasteiger charge is 2.41. The molecule has 0 unspecified atom stereocenters. The number of fused-ring (bicyclic) bond motifs is 1. The third-order valence-electron chi connectivity index (χ3n) is 5.04. The van der Waals surface area contributed by atoms with Crippen LogP contribution in [0.15, 0.2) is 24.3 Å². The van der Waals surface area contributed by atoms with E-state index in [4.69, 9.17) is 0 Å². The van der Waals surface area contributed by atoms with E-state index in [0.29, 0.717) is 32.0 Å². The number of nitrogens with one attached hydrogen (secondary N) is 1. The summed E-state index contributed by atoms with van der Waals surface area (Å²) in [5, 5.41) is 2.97. The van der Waals surface area contributed by atoms with E-state index in [2.05, 4.69) is 14.9 Å². The Balaban J connectivity index is 1.32. The molecular formula is C18H22N4O2. The van der Waals surface area contributed by atoms with Crippen LogP contribution in [0, 0.1) is 5.92 Å². The standard InChI is InChI=1S/C18H22N4O2/c1-21-15-5-3-2-4-14(15)20-16(21)8-9-19-18(24)12-10-17(23)22(11-12)13-6-7-13/h2-5,12-13H,6-11H2,1H3,(H,19,24)/t12-/m0/s1. The van der Waals surface area contributed by atoms with Gasteiger partial charge in [-0.1, -0.05) is 12.1 Å². The van der Waals surface area contributed by atoms with Gasteiger partial charge in [0, 0.05) is 39.0 Å². The number of likely N-dealkylation sites (tertiary alicyclic amines) is 1. The van der Waals surface area contributed by atoms with Crippen LogP contribution < -0.4 is 5.32 Å². The van der Waals surface area contributed by atoms with Gasteiger partial charge in [-0.15, -0.1) is 0 Å². The first-order chi connectivity index (χ1) is 11.6. The summed E-state index contributed by atoms with van der Waals surface area (Å²) in [5.74, 6) is 0.885. The van der Waals surface area contributed by atoms with Crippen LogP contribution in [-0.2, 0) is 23.1 Å². The number of benzene rings is 1. The molecule has 2 aromatic rings. The second kappa shape index (κ2) is 5.92. The van der Waals surface area contributed by atoms with Crippen molar-refractivity contribution in [1.29, 1.82) is 0 Å². The Morgan fingerprint density at radius 2 is 2.12 bits per heavy atom. The summed E-state index contributed by atoms with van der Waals surface area (Å²) >= 11 is 0. The van der Waals surface area contributed by atoms with Gasteiger partial charge in [0.2, 0.25) is 11.8 Å². The second-order valence-electron chi connectivity index (χ2n) is 6.80. The summed E-state index contributed by atoms with van der Waals surface area (Å²) in [7, 11) is 2.00. The van der Waals surface area contributed by atoms with Crippen LogP contribution in [0.5, 0.6) is 0 Å². The fourth-order valence-electron chi connectivity index (χ4n) is 3.51. The van der Waals surface area contributed by atoms with E-state index < -0.39 is 0 Å². The highest BCUT2D eigenvalue weighted by atomic mass is 16.2. The average Bonchev–Trinajstić information content (AvgIpc) is 3.28. The van der Waals surface area contributed by atoms with Crippen molar-refractivity contribution in [3.05, 3.63) is 30.1 Å². The summed E-state index contributed by atoms with van der Waals surface area (Å²) in [4.78, 5) is 30.7. The molecule has 0 bridgehead atoms. The molecule has 4 rings (SSSR count). The van der Waals surface area contributed by atoms with Gasteiger partial charge in [-0.3, -0.25) is 9.59 Å². The molecule has 6 nitrogen and oxygen atoms in total. The first kappa shape index (κ1) is 15.2. The SMILES string of the molecule is Cn1c(CCNC(=O)[C@H]2CC(=O)N(C3CC3)C2)nc2ccccc21. The van der Waals surface area contributed by atoms with Crippen molar-refractivity contribution in [2.75, 3.05) is 13.1 Å². The Morgan fingerprint density at radius 1 is 1.33 bits per heavy atom. The minimum Gasteiger partial charge on any atom is -0.355 e. The van der Waals surface area contributed by atoms with E-state index in [9.17, 15) is 9.59 Å². The number of amides is 2. The lowest BCUT2D eigenvalue weighted by atomic mass is 10.1. The number of aryl methyl sites for hydroxylation is 1. The molecule has 1 saturated heterocycles. The van der Waals surface area contributed by atoms with Crippen molar-refractivity contribution < 1.29 is 9.59 Å². The highest BCUT2D eigenvalue weighted by molar-refractivity contribution is 5.89. The number of carbonyl (C=O) groups is 2. The van der Waals surface area contributed by atoms with Gasteiger partial charge in [-0.05, 0) is 25.0 Å². The van der Waals surface area contributed by atoms with Crippen LogP contribution in [0.4, 0.5) is 0 Å². The topological polar surface area (TPSA) is 67.2 Å². The number of imidazole rings is 1. The second-order valence-corrected chi connectivity index (χ2v) is 6.80. The molecule has 0 radical (unpaired) electrons. The lowest BCUT2D eigenvalue weighted by molar-refractivity contribution is -0.129. The summed E-state index contributed by atoms with van der Waals surface area (Å²) in [6.07, 6.45) is 3.22. The minimum absolute atomic E-state index is 0.00901. The van der Waals surface area contributed by atoms with Gasteiger partial charge in [0.15, 0.2) is 0 Å². The molecule has 126 valence electrons. The minimum atomic E-state index is -0.196. The molecule has 2 aliphatic rings. The van der Waals surface area contributed by atoms with Crippen LogP contribution in [0.2, 0.25) is 0 Å². The van der Waals surface area contributed by atoms with E-state index in [1.54, 1.807) is 0 Å². The zero-order chi connectivity index (χ0) is 16.7. The molecule has 6 heteroatoms. The van der Waals surface area contributed by atoms with Crippen molar-refractivity contribution in [2.24, 2.45) is 13.0 Å². The van der Waals surface area contributed by atoms with E-state index in [-0.39, 0.29) is 17.7 Å². The monoisotopic (exact) mass is 326 g/mol. The predicted octanol–water partition coefficient (Wildman–Crippen LogP) is 1.24. The fourth-order valence-corrected chi connectivity index (χ4v) is 3.51. The Morgan fingerprint density at radius 3 is 2.88 bits per heavy atom. The first-order valence-electron chi connectivity index (χ1n) is 8.61. The molecular weight excluding hydrogens is 304 g/mol. The molecule has 1 aliphatic carbocycles. The third kappa shape index (κ3) is 2.77. The number of hydrogen-bond donors (Lipinski definition) is 1. The Kier molecular flexibility index (Phi) is 3.75. The number of para-hydroxylation sites is 2. The molecule has 2 fully saturated rings. The maximum absolute atomic E-state index is 12.3. The molecule has 2 heterocycles. The molecule has 1 N–H and O–H groups in total.